The van der Waals surface area contributed by atoms with Crippen LogP contribution < -0.4 is 16.0 Å². The smallest absolute Gasteiger partial charge is 0.237 e. The number of rotatable bonds is 4. The van der Waals surface area contributed by atoms with Gasteiger partial charge < -0.3 is 20.7 Å². The maximum absolute atomic E-state index is 11.8. The molecule has 0 aromatic carbocycles. The first-order valence-electron chi connectivity index (χ1n) is 6.02. The lowest BCUT2D eigenvalue weighted by molar-refractivity contribution is -0.123. The van der Waals surface area contributed by atoms with E-state index in [4.69, 9.17) is 4.74 Å². The molecule has 3 atom stereocenters. The molecule has 3 unspecified atom stereocenters. The zero-order chi connectivity index (χ0) is 12.3. The first-order valence-corrected chi connectivity index (χ1v) is 6.02. The normalized spacial score (nSPS) is 32.5. The highest BCUT2D eigenvalue weighted by Crippen LogP contribution is 2.10. The molecular weight excluding hydrogens is 222 g/mol. The predicted octanol–water partition coefficient (Wildman–Crippen LogP) is -1.24. The molecule has 2 fully saturated rings. The molecule has 3 N–H and O–H groups in total. The molecule has 0 bridgehead atoms. The minimum atomic E-state index is -0.169. The molecule has 0 aromatic heterocycles. The number of carbonyl (C=O) groups excluding carboxylic acids is 2. The van der Waals surface area contributed by atoms with Crippen LogP contribution >= 0.6 is 0 Å². The van der Waals surface area contributed by atoms with Crippen molar-refractivity contribution in [2.24, 2.45) is 0 Å². The predicted molar refractivity (Wildman–Crippen MR) is 61.4 cm³/mol. The van der Waals surface area contributed by atoms with Crippen molar-refractivity contribution in [2.45, 2.75) is 37.5 Å². The SMILES string of the molecule is COC1CNC(C(=O)NCC2CCC(=O)N2)C1. The third-order valence-electron chi connectivity index (χ3n) is 3.35. The van der Waals surface area contributed by atoms with E-state index in [-0.39, 0.29) is 30.0 Å². The first-order chi connectivity index (χ1) is 8.19. The number of carbonyl (C=O) groups is 2. The van der Waals surface area contributed by atoms with Crippen LogP contribution in [0.4, 0.5) is 0 Å². The van der Waals surface area contributed by atoms with Gasteiger partial charge in [0.25, 0.3) is 0 Å². The second-order valence-electron chi connectivity index (χ2n) is 4.60. The van der Waals surface area contributed by atoms with Crippen LogP contribution in [0.2, 0.25) is 0 Å². The van der Waals surface area contributed by atoms with Gasteiger partial charge in [-0.25, -0.2) is 0 Å². The van der Waals surface area contributed by atoms with E-state index in [0.717, 1.165) is 13.0 Å². The Kier molecular flexibility index (Phi) is 3.96. The van der Waals surface area contributed by atoms with E-state index in [9.17, 15) is 9.59 Å². The average molecular weight is 241 g/mol. The fourth-order valence-corrected chi connectivity index (χ4v) is 2.26. The lowest BCUT2D eigenvalue weighted by Gasteiger charge is -2.14. The molecule has 2 saturated heterocycles. The summed E-state index contributed by atoms with van der Waals surface area (Å²) in [6, 6.07) is -0.0804. The number of nitrogens with one attached hydrogen (secondary N) is 3. The Morgan fingerprint density at radius 3 is 3.00 bits per heavy atom. The molecule has 17 heavy (non-hydrogen) atoms. The van der Waals surface area contributed by atoms with Crippen molar-refractivity contribution >= 4 is 11.8 Å². The molecule has 2 rings (SSSR count). The van der Waals surface area contributed by atoms with E-state index in [1.807, 2.05) is 0 Å². The van der Waals surface area contributed by atoms with Gasteiger partial charge in [0.2, 0.25) is 11.8 Å². The summed E-state index contributed by atoms with van der Waals surface area (Å²) < 4.78 is 5.18. The van der Waals surface area contributed by atoms with Crippen molar-refractivity contribution in [1.29, 1.82) is 0 Å². The quantitative estimate of drug-likeness (QED) is 0.575. The Morgan fingerprint density at radius 1 is 1.59 bits per heavy atom. The molecule has 0 aliphatic carbocycles. The van der Waals surface area contributed by atoms with Gasteiger partial charge >= 0.3 is 0 Å². The summed E-state index contributed by atoms with van der Waals surface area (Å²) in [6.45, 7) is 1.23. The standard InChI is InChI=1S/C11H19N3O3/c1-17-8-4-9(12-6-8)11(16)13-5-7-2-3-10(15)14-7/h7-9,12H,2-6H2,1H3,(H,13,16)(H,14,15). The van der Waals surface area contributed by atoms with Crippen LogP contribution in [0.25, 0.3) is 0 Å². The fraction of sp³-hybridized carbons (Fsp3) is 0.818. The van der Waals surface area contributed by atoms with Crippen LogP contribution in [0.1, 0.15) is 19.3 Å². The van der Waals surface area contributed by atoms with Crippen LogP contribution in [0, 0.1) is 0 Å². The third-order valence-corrected chi connectivity index (χ3v) is 3.35. The molecule has 0 radical (unpaired) electrons. The molecular formula is C11H19N3O3. The van der Waals surface area contributed by atoms with Gasteiger partial charge in [0.1, 0.15) is 0 Å². The Bertz CT molecular complexity index is 308. The topological polar surface area (TPSA) is 79.5 Å². The summed E-state index contributed by atoms with van der Waals surface area (Å²) in [7, 11) is 1.65. The van der Waals surface area contributed by atoms with Crippen molar-refractivity contribution in [3.8, 4) is 0 Å². The Morgan fingerprint density at radius 2 is 2.41 bits per heavy atom. The van der Waals surface area contributed by atoms with E-state index < -0.39 is 0 Å². The van der Waals surface area contributed by atoms with Gasteiger partial charge in [-0.15, -0.1) is 0 Å². The Hall–Kier alpha value is -1.14. The van der Waals surface area contributed by atoms with Crippen LogP contribution in [0.5, 0.6) is 0 Å². The maximum Gasteiger partial charge on any atom is 0.237 e. The Balaban J connectivity index is 1.69. The molecule has 96 valence electrons. The lowest BCUT2D eigenvalue weighted by Crippen LogP contribution is -2.45. The second kappa shape index (κ2) is 5.46. The summed E-state index contributed by atoms with van der Waals surface area (Å²) in [4.78, 5) is 22.8. The van der Waals surface area contributed by atoms with E-state index in [1.165, 1.54) is 0 Å². The van der Waals surface area contributed by atoms with Crippen LogP contribution in [0.15, 0.2) is 0 Å². The van der Waals surface area contributed by atoms with Crippen molar-refractivity contribution in [3.05, 3.63) is 0 Å². The molecule has 6 nitrogen and oxygen atoms in total. The van der Waals surface area contributed by atoms with Gasteiger partial charge in [-0.05, 0) is 12.8 Å². The number of amides is 2. The molecule has 2 amide bonds. The molecule has 2 aliphatic rings. The molecule has 2 heterocycles. The second-order valence-corrected chi connectivity index (χ2v) is 4.60. The van der Waals surface area contributed by atoms with Crippen LogP contribution in [-0.4, -0.2) is 50.2 Å². The van der Waals surface area contributed by atoms with Crippen molar-refractivity contribution in [2.75, 3.05) is 20.2 Å². The molecule has 6 heteroatoms. The highest BCUT2D eigenvalue weighted by Gasteiger charge is 2.30. The fourth-order valence-electron chi connectivity index (χ4n) is 2.26. The molecule has 0 spiro atoms. The van der Waals surface area contributed by atoms with Crippen LogP contribution in [0.3, 0.4) is 0 Å². The maximum atomic E-state index is 11.8. The third kappa shape index (κ3) is 3.17. The summed E-state index contributed by atoms with van der Waals surface area (Å²) in [6.07, 6.45) is 2.20. The highest BCUT2D eigenvalue weighted by atomic mass is 16.5. The van der Waals surface area contributed by atoms with Gasteiger partial charge in [-0.2, -0.15) is 0 Å². The summed E-state index contributed by atoms with van der Waals surface area (Å²) in [5.74, 6) is 0.0633. The highest BCUT2D eigenvalue weighted by molar-refractivity contribution is 5.82. The van der Waals surface area contributed by atoms with Gasteiger partial charge in [0, 0.05) is 32.7 Å². The monoisotopic (exact) mass is 241 g/mol. The number of hydrogen-bond donors (Lipinski definition) is 3. The molecule has 0 saturated carbocycles. The van der Waals surface area contributed by atoms with E-state index in [0.29, 0.717) is 19.4 Å². The van der Waals surface area contributed by atoms with Crippen molar-refractivity contribution < 1.29 is 14.3 Å². The van der Waals surface area contributed by atoms with Crippen molar-refractivity contribution in [3.63, 3.8) is 0 Å². The zero-order valence-electron chi connectivity index (χ0n) is 9.99. The first kappa shape index (κ1) is 12.3. The summed E-state index contributed by atoms with van der Waals surface area (Å²) in [5, 5.41) is 8.80. The van der Waals surface area contributed by atoms with Gasteiger partial charge in [-0.1, -0.05) is 0 Å². The minimum absolute atomic E-state index is 0.00861. The molecule has 0 aromatic rings. The average Bonchev–Trinajstić information content (AvgIpc) is 2.94. The van der Waals surface area contributed by atoms with E-state index in [1.54, 1.807) is 7.11 Å². The number of hydrogen-bond acceptors (Lipinski definition) is 4. The van der Waals surface area contributed by atoms with E-state index in [2.05, 4.69) is 16.0 Å². The largest absolute Gasteiger partial charge is 0.380 e. The van der Waals surface area contributed by atoms with Gasteiger partial charge in [-0.3, -0.25) is 9.59 Å². The summed E-state index contributed by atoms with van der Waals surface area (Å²) >= 11 is 0. The van der Waals surface area contributed by atoms with Gasteiger partial charge in [0.05, 0.1) is 12.1 Å². The molecule has 2 aliphatic heterocycles. The summed E-state index contributed by atoms with van der Waals surface area (Å²) in [5.41, 5.74) is 0. The number of methoxy groups -OCH3 is 1. The Labute approximate surface area is 100 Å². The number of ether oxygens (including phenoxy) is 1. The minimum Gasteiger partial charge on any atom is -0.380 e. The zero-order valence-corrected chi connectivity index (χ0v) is 9.99. The van der Waals surface area contributed by atoms with E-state index >= 15 is 0 Å². The van der Waals surface area contributed by atoms with Gasteiger partial charge in [0.15, 0.2) is 0 Å². The lowest BCUT2D eigenvalue weighted by atomic mass is 10.2. The van der Waals surface area contributed by atoms with Crippen LogP contribution in [-0.2, 0) is 14.3 Å². The van der Waals surface area contributed by atoms with Crippen molar-refractivity contribution in [1.82, 2.24) is 16.0 Å².